The summed E-state index contributed by atoms with van der Waals surface area (Å²) in [6.45, 7) is 5.18. The van der Waals surface area contributed by atoms with Crippen LogP contribution in [0.4, 0.5) is 0 Å². The second-order valence-electron chi connectivity index (χ2n) is 8.39. The molecule has 150 valence electrons. The maximum Gasteiger partial charge on any atom is 0.227 e. The lowest BCUT2D eigenvalue weighted by molar-refractivity contribution is -0.145. The normalized spacial score (nSPS) is 25.5. The first kappa shape index (κ1) is 19.0. The van der Waals surface area contributed by atoms with Gasteiger partial charge in [0.25, 0.3) is 0 Å². The zero-order valence-corrected chi connectivity index (χ0v) is 16.5. The number of likely N-dealkylation sites (tertiary alicyclic amines) is 1. The molecule has 2 saturated heterocycles. The molecule has 3 fully saturated rings. The molecule has 4 rings (SSSR count). The first-order valence-corrected chi connectivity index (χ1v) is 10.4. The van der Waals surface area contributed by atoms with E-state index in [9.17, 15) is 14.4 Å². The largest absolute Gasteiger partial charge is 0.341 e. The molecule has 1 aromatic carbocycles. The lowest BCUT2D eigenvalue weighted by Gasteiger charge is -2.41. The van der Waals surface area contributed by atoms with E-state index in [0.29, 0.717) is 39.3 Å². The maximum atomic E-state index is 13.2. The van der Waals surface area contributed by atoms with Crippen molar-refractivity contribution in [3.63, 3.8) is 0 Å². The van der Waals surface area contributed by atoms with Gasteiger partial charge in [0.05, 0.1) is 5.92 Å². The van der Waals surface area contributed by atoms with Crippen LogP contribution in [0.25, 0.3) is 0 Å². The molecule has 1 saturated carbocycles. The van der Waals surface area contributed by atoms with Crippen molar-refractivity contribution in [3.05, 3.63) is 35.9 Å². The van der Waals surface area contributed by atoms with Crippen molar-refractivity contribution in [3.8, 4) is 0 Å². The number of piperidine rings is 1. The van der Waals surface area contributed by atoms with E-state index < -0.39 is 0 Å². The van der Waals surface area contributed by atoms with Crippen molar-refractivity contribution < 1.29 is 14.4 Å². The van der Waals surface area contributed by atoms with Gasteiger partial charge in [-0.1, -0.05) is 30.3 Å². The van der Waals surface area contributed by atoms with E-state index in [0.717, 1.165) is 19.3 Å². The van der Waals surface area contributed by atoms with Crippen LogP contribution in [0.2, 0.25) is 0 Å². The first-order chi connectivity index (χ1) is 13.5. The van der Waals surface area contributed by atoms with E-state index in [2.05, 4.69) is 12.1 Å². The van der Waals surface area contributed by atoms with Crippen molar-refractivity contribution in [1.82, 2.24) is 14.7 Å². The Hall–Kier alpha value is -2.37. The minimum atomic E-state index is -0.162. The lowest BCUT2D eigenvalue weighted by Crippen LogP contribution is -2.54. The topological polar surface area (TPSA) is 60.9 Å². The van der Waals surface area contributed by atoms with Gasteiger partial charge in [0.15, 0.2) is 0 Å². The predicted octanol–water partition coefficient (Wildman–Crippen LogP) is 1.72. The Bertz CT molecular complexity index is 739. The van der Waals surface area contributed by atoms with Crippen molar-refractivity contribution in [2.75, 3.05) is 39.3 Å². The van der Waals surface area contributed by atoms with Crippen LogP contribution in [-0.2, 0) is 14.4 Å². The van der Waals surface area contributed by atoms with Crippen molar-refractivity contribution >= 4 is 17.7 Å². The Kier molecular flexibility index (Phi) is 5.38. The molecule has 3 aliphatic rings. The number of hydrogen-bond acceptors (Lipinski definition) is 3. The van der Waals surface area contributed by atoms with Crippen LogP contribution in [0, 0.1) is 11.8 Å². The van der Waals surface area contributed by atoms with Gasteiger partial charge in [-0.05, 0) is 24.8 Å². The number of carbonyl (C=O) groups is 3. The van der Waals surface area contributed by atoms with Crippen molar-refractivity contribution in [1.29, 1.82) is 0 Å². The molecule has 6 heteroatoms. The molecule has 0 aromatic heterocycles. The summed E-state index contributed by atoms with van der Waals surface area (Å²) >= 11 is 0. The molecule has 6 nitrogen and oxygen atoms in total. The molecule has 2 heterocycles. The number of hydrogen-bond donors (Lipinski definition) is 0. The molecule has 0 spiro atoms. The van der Waals surface area contributed by atoms with Gasteiger partial charge in [0.2, 0.25) is 17.7 Å². The maximum absolute atomic E-state index is 13.2. The Morgan fingerprint density at radius 1 is 0.786 bits per heavy atom. The highest BCUT2D eigenvalue weighted by molar-refractivity contribution is 5.84. The second-order valence-corrected chi connectivity index (χ2v) is 8.39. The van der Waals surface area contributed by atoms with E-state index in [1.165, 1.54) is 5.56 Å². The van der Waals surface area contributed by atoms with Gasteiger partial charge in [-0.3, -0.25) is 14.4 Å². The van der Waals surface area contributed by atoms with Gasteiger partial charge < -0.3 is 14.7 Å². The summed E-state index contributed by atoms with van der Waals surface area (Å²) < 4.78 is 0. The zero-order chi connectivity index (χ0) is 19.7. The molecule has 3 amide bonds. The molecule has 1 aromatic rings. The van der Waals surface area contributed by atoms with Crippen LogP contribution in [0.1, 0.15) is 37.7 Å². The van der Waals surface area contributed by atoms with Gasteiger partial charge >= 0.3 is 0 Å². The Labute approximate surface area is 166 Å². The number of benzene rings is 1. The Balaban J connectivity index is 1.47. The Morgan fingerprint density at radius 3 is 2.00 bits per heavy atom. The minimum absolute atomic E-state index is 0.0649. The monoisotopic (exact) mass is 383 g/mol. The third kappa shape index (κ3) is 4.05. The highest BCUT2D eigenvalue weighted by Crippen LogP contribution is 2.36. The molecule has 0 bridgehead atoms. The van der Waals surface area contributed by atoms with Gasteiger partial charge in [0, 0.05) is 58.0 Å². The van der Waals surface area contributed by atoms with Crippen molar-refractivity contribution in [2.24, 2.45) is 11.8 Å². The standard InChI is InChI=1S/C22H29N3O3/c1-16(26)23-9-11-24(12-10-23)22(28)20-13-19(17-5-3-2-4-6-17)14-25(15-20)21(27)18-7-8-18/h2-6,18-20H,7-15H2,1H3/t19-,20+/m0/s1. The number of nitrogens with zero attached hydrogens (tertiary/aromatic N) is 3. The third-order valence-electron chi connectivity index (χ3n) is 6.35. The fraction of sp³-hybridized carbons (Fsp3) is 0.591. The molecule has 28 heavy (non-hydrogen) atoms. The quantitative estimate of drug-likeness (QED) is 0.799. The molecule has 2 atom stereocenters. The van der Waals surface area contributed by atoms with Gasteiger partial charge in [0.1, 0.15) is 0 Å². The van der Waals surface area contributed by atoms with Gasteiger partial charge in [-0.2, -0.15) is 0 Å². The van der Waals surface area contributed by atoms with Crippen LogP contribution < -0.4 is 0 Å². The summed E-state index contributed by atoms with van der Waals surface area (Å²) in [5, 5.41) is 0. The molecule has 1 aliphatic carbocycles. The van der Waals surface area contributed by atoms with Crippen LogP contribution in [0.3, 0.4) is 0 Å². The van der Waals surface area contributed by atoms with Crippen LogP contribution in [0.5, 0.6) is 0 Å². The van der Waals surface area contributed by atoms with Crippen LogP contribution in [-0.4, -0.2) is 71.7 Å². The van der Waals surface area contributed by atoms with E-state index in [-0.39, 0.29) is 35.5 Å². The highest BCUT2D eigenvalue weighted by Gasteiger charge is 2.41. The smallest absolute Gasteiger partial charge is 0.227 e. The molecule has 0 radical (unpaired) electrons. The van der Waals surface area contributed by atoms with Crippen LogP contribution >= 0.6 is 0 Å². The fourth-order valence-electron chi connectivity index (χ4n) is 4.51. The zero-order valence-electron chi connectivity index (χ0n) is 16.5. The highest BCUT2D eigenvalue weighted by atomic mass is 16.2. The van der Waals surface area contributed by atoms with E-state index in [1.54, 1.807) is 11.8 Å². The summed E-state index contributed by atoms with van der Waals surface area (Å²) in [6, 6.07) is 10.2. The summed E-state index contributed by atoms with van der Waals surface area (Å²) in [6.07, 6.45) is 2.75. The summed E-state index contributed by atoms with van der Waals surface area (Å²) in [5.74, 6) is 0.632. The molecule has 2 aliphatic heterocycles. The number of piperazine rings is 1. The van der Waals surface area contributed by atoms with Crippen molar-refractivity contribution in [2.45, 2.75) is 32.1 Å². The lowest BCUT2D eigenvalue weighted by atomic mass is 9.83. The Morgan fingerprint density at radius 2 is 1.39 bits per heavy atom. The third-order valence-corrected chi connectivity index (χ3v) is 6.35. The number of rotatable bonds is 3. The number of amides is 3. The van der Waals surface area contributed by atoms with Crippen LogP contribution in [0.15, 0.2) is 30.3 Å². The molecular formula is C22H29N3O3. The van der Waals surface area contributed by atoms with E-state index in [4.69, 9.17) is 0 Å². The first-order valence-electron chi connectivity index (χ1n) is 10.4. The van der Waals surface area contributed by atoms with Gasteiger partial charge in [-0.15, -0.1) is 0 Å². The predicted molar refractivity (Wildman–Crippen MR) is 105 cm³/mol. The van der Waals surface area contributed by atoms with Gasteiger partial charge in [-0.25, -0.2) is 0 Å². The second kappa shape index (κ2) is 7.94. The average molecular weight is 383 g/mol. The molecular weight excluding hydrogens is 354 g/mol. The van der Waals surface area contributed by atoms with E-state index >= 15 is 0 Å². The van der Waals surface area contributed by atoms with E-state index in [1.807, 2.05) is 28.0 Å². The summed E-state index contributed by atoms with van der Waals surface area (Å²) in [4.78, 5) is 43.2. The number of carbonyl (C=O) groups excluding carboxylic acids is 3. The minimum Gasteiger partial charge on any atom is -0.341 e. The molecule has 0 unspecified atom stereocenters. The average Bonchev–Trinajstić information content (AvgIpc) is 3.58. The summed E-state index contributed by atoms with van der Waals surface area (Å²) in [5.41, 5.74) is 1.20. The molecule has 0 N–H and O–H groups in total. The SMILES string of the molecule is CC(=O)N1CCN(C(=O)[C@@H]2C[C@H](c3ccccc3)CN(C(=O)C3CC3)C2)CC1. The fourth-order valence-corrected chi connectivity index (χ4v) is 4.51. The summed E-state index contributed by atoms with van der Waals surface area (Å²) in [7, 11) is 0.